The Hall–Kier alpha value is -1.55. The standard InChI is InChI=1S/C16H25NO3/c1-11(2)15(18)10-16(19)17-5-6-20-14-8-12(3)7-13(4)9-14/h7-9,11,15,18H,5-6,10H2,1-4H3,(H,17,19). The fourth-order valence-corrected chi connectivity index (χ4v) is 1.87. The summed E-state index contributed by atoms with van der Waals surface area (Å²) >= 11 is 0. The van der Waals surface area contributed by atoms with Crippen LogP contribution in [-0.2, 0) is 4.79 Å². The van der Waals surface area contributed by atoms with E-state index in [2.05, 4.69) is 11.4 Å². The van der Waals surface area contributed by atoms with Crippen molar-refractivity contribution >= 4 is 5.91 Å². The summed E-state index contributed by atoms with van der Waals surface area (Å²) in [4.78, 5) is 11.6. The predicted molar refractivity (Wildman–Crippen MR) is 79.9 cm³/mol. The lowest BCUT2D eigenvalue weighted by atomic mass is 10.0. The lowest BCUT2D eigenvalue weighted by molar-refractivity contribution is -0.123. The number of rotatable bonds is 7. The van der Waals surface area contributed by atoms with Crippen molar-refractivity contribution in [2.45, 2.75) is 40.2 Å². The van der Waals surface area contributed by atoms with Gasteiger partial charge in [0.15, 0.2) is 0 Å². The minimum atomic E-state index is -0.588. The molecule has 2 N–H and O–H groups in total. The van der Waals surface area contributed by atoms with Crippen molar-refractivity contribution in [2.75, 3.05) is 13.2 Å². The molecule has 0 aliphatic carbocycles. The Morgan fingerprint density at radius 1 is 1.25 bits per heavy atom. The number of carbonyl (C=O) groups is 1. The van der Waals surface area contributed by atoms with Gasteiger partial charge in [-0.1, -0.05) is 19.9 Å². The fraction of sp³-hybridized carbons (Fsp3) is 0.562. The summed E-state index contributed by atoms with van der Waals surface area (Å²) in [7, 11) is 0. The van der Waals surface area contributed by atoms with Gasteiger partial charge in [-0.05, 0) is 43.0 Å². The van der Waals surface area contributed by atoms with Crippen LogP contribution in [0, 0.1) is 19.8 Å². The Morgan fingerprint density at radius 2 is 1.85 bits per heavy atom. The lowest BCUT2D eigenvalue weighted by Crippen LogP contribution is -2.32. The van der Waals surface area contributed by atoms with Crippen LogP contribution in [0.25, 0.3) is 0 Å². The van der Waals surface area contributed by atoms with Gasteiger partial charge in [0.1, 0.15) is 12.4 Å². The van der Waals surface area contributed by atoms with Gasteiger partial charge in [-0.2, -0.15) is 0 Å². The number of aliphatic hydroxyl groups excluding tert-OH is 1. The molecule has 0 saturated carbocycles. The molecule has 0 spiro atoms. The second-order valence-electron chi connectivity index (χ2n) is 5.54. The van der Waals surface area contributed by atoms with E-state index >= 15 is 0 Å². The minimum absolute atomic E-state index is 0.0901. The summed E-state index contributed by atoms with van der Waals surface area (Å²) in [5, 5.41) is 12.3. The molecule has 1 aromatic carbocycles. The molecule has 20 heavy (non-hydrogen) atoms. The van der Waals surface area contributed by atoms with Crippen molar-refractivity contribution in [3.8, 4) is 5.75 Å². The first-order valence-electron chi connectivity index (χ1n) is 7.04. The van der Waals surface area contributed by atoms with Gasteiger partial charge in [-0.15, -0.1) is 0 Å². The fourth-order valence-electron chi connectivity index (χ4n) is 1.87. The number of amides is 1. The first-order valence-corrected chi connectivity index (χ1v) is 7.04. The number of benzene rings is 1. The Kier molecular flexibility index (Phi) is 6.52. The third-order valence-corrected chi connectivity index (χ3v) is 3.05. The smallest absolute Gasteiger partial charge is 0.222 e. The Labute approximate surface area is 121 Å². The zero-order valence-electron chi connectivity index (χ0n) is 12.8. The minimum Gasteiger partial charge on any atom is -0.492 e. The molecule has 1 aromatic rings. The van der Waals surface area contributed by atoms with Gasteiger partial charge in [0.25, 0.3) is 0 Å². The molecule has 1 rings (SSSR count). The van der Waals surface area contributed by atoms with Crippen molar-refractivity contribution in [3.63, 3.8) is 0 Å². The van der Waals surface area contributed by atoms with Crippen LogP contribution in [0.4, 0.5) is 0 Å². The monoisotopic (exact) mass is 279 g/mol. The highest BCUT2D eigenvalue weighted by atomic mass is 16.5. The molecule has 4 nitrogen and oxygen atoms in total. The highest BCUT2D eigenvalue weighted by molar-refractivity contribution is 5.76. The number of ether oxygens (including phenoxy) is 1. The molecule has 4 heteroatoms. The van der Waals surface area contributed by atoms with E-state index in [0.29, 0.717) is 13.2 Å². The molecule has 0 fully saturated rings. The number of carbonyl (C=O) groups excluding carboxylic acids is 1. The van der Waals surface area contributed by atoms with Crippen LogP contribution >= 0.6 is 0 Å². The van der Waals surface area contributed by atoms with Crippen molar-refractivity contribution in [1.29, 1.82) is 0 Å². The molecule has 0 saturated heterocycles. The molecule has 1 atom stereocenters. The summed E-state index contributed by atoms with van der Waals surface area (Å²) in [6, 6.07) is 6.02. The van der Waals surface area contributed by atoms with Gasteiger partial charge < -0.3 is 15.2 Å². The van der Waals surface area contributed by atoms with E-state index in [9.17, 15) is 9.90 Å². The number of aliphatic hydroxyl groups is 1. The summed E-state index contributed by atoms with van der Waals surface area (Å²) in [6.45, 7) is 8.69. The lowest BCUT2D eigenvalue weighted by Gasteiger charge is -2.14. The van der Waals surface area contributed by atoms with Crippen molar-refractivity contribution in [2.24, 2.45) is 5.92 Å². The highest BCUT2D eigenvalue weighted by Crippen LogP contribution is 2.15. The number of hydrogen-bond donors (Lipinski definition) is 2. The van der Waals surface area contributed by atoms with E-state index in [0.717, 1.165) is 16.9 Å². The Morgan fingerprint density at radius 3 is 2.40 bits per heavy atom. The maximum absolute atomic E-state index is 11.6. The van der Waals surface area contributed by atoms with E-state index in [-0.39, 0.29) is 18.2 Å². The molecule has 0 bridgehead atoms. The summed E-state index contributed by atoms with van der Waals surface area (Å²) in [5.41, 5.74) is 2.31. The van der Waals surface area contributed by atoms with Gasteiger partial charge in [0.2, 0.25) is 5.91 Å². The van der Waals surface area contributed by atoms with Gasteiger partial charge >= 0.3 is 0 Å². The van der Waals surface area contributed by atoms with E-state index in [4.69, 9.17) is 4.74 Å². The zero-order chi connectivity index (χ0) is 15.1. The second kappa shape index (κ2) is 7.90. The maximum atomic E-state index is 11.6. The Bertz CT molecular complexity index is 423. The van der Waals surface area contributed by atoms with Crippen LogP contribution in [0.2, 0.25) is 0 Å². The largest absolute Gasteiger partial charge is 0.492 e. The molecule has 0 heterocycles. The molecule has 0 radical (unpaired) electrons. The third-order valence-electron chi connectivity index (χ3n) is 3.05. The molecule has 1 unspecified atom stereocenters. The molecular weight excluding hydrogens is 254 g/mol. The second-order valence-corrected chi connectivity index (χ2v) is 5.54. The number of nitrogens with one attached hydrogen (secondary N) is 1. The topological polar surface area (TPSA) is 58.6 Å². The summed E-state index contributed by atoms with van der Waals surface area (Å²) in [6.07, 6.45) is -0.448. The maximum Gasteiger partial charge on any atom is 0.222 e. The van der Waals surface area contributed by atoms with Gasteiger partial charge in [0.05, 0.1) is 19.1 Å². The van der Waals surface area contributed by atoms with E-state index in [1.165, 1.54) is 0 Å². The van der Waals surface area contributed by atoms with Gasteiger partial charge in [0, 0.05) is 0 Å². The van der Waals surface area contributed by atoms with Gasteiger partial charge in [-0.3, -0.25) is 4.79 Å². The SMILES string of the molecule is Cc1cc(C)cc(OCCNC(=O)CC(O)C(C)C)c1. The van der Waals surface area contributed by atoms with E-state index < -0.39 is 6.10 Å². The third kappa shape index (κ3) is 6.06. The molecule has 0 aliphatic heterocycles. The first kappa shape index (κ1) is 16.5. The molecule has 1 amide bonds. The van der Waals surface area contributed by atoms with Gasteiger partial charge in [-0.25, -0.2) is 0 Å². The average molecular weight is 279 g/mol. The van der Waals surface area contributed by atoms with Crippen LogP contribution in [-0.4, -0.2) is 30.3 Å². The van der Waals surface area contributed by atoms with E-state index in [1.54, 1.807) is 0 Å². The quantitative estimate of drug-likeness (QED) is 0.752. The van der Waals surface area contributed by atoms with Crippen molar-refractivity contribution in [3.05, 3.63) is 29.3 Å². The first-order chi connectivity index (χ1) is 9.38. The van der Waals surface area contributed by atoms with Crippen LogP contribution in [0.3, 0.4) is 0 Å². The van der Waals surface area contributed by atoms with E-state index in [1.807, 2.05) is 39.8 Å². The Balaban J connectivity index is 2.26. The molecular formula is C16H25NO3. The highest BCUT2D eigenvalue weighted by Gasteiger charge is 2.13. The number of aryl methyl sites for hydroxylation is 2. The molecule has 0 aromatic heterocycles. The van der Waals surface area contributed by atoms with Crippen molar-refractivity contribution < 1.29 is 14.6 Å². The average Bonchev–Trinajstić information content (AvgIpc) is 2.33. The van der Waals surface area contributed by atoms with Crippen LogP contribution in [0.5, 0.6) is 5.75 Å². The normalized spacial score (nSPS) is 12.3. The van der Waals surface area contributed by atoms with Crippen LogP contribution < -0.4 is 10.1 Å². The summed E-state index contributed by atoms with van der Waals surface area (Å²) in [5.74, 6) is 0.765. The predicted octanol–water partition coefficient (Wildman–Crippen LogP) is 2.21. The number of hydrogen-bond acceptors (Lipinski definition) is 3. The van der Waals surface area contributed by atoms with Crippen LogP contribution in [0.1, 0.15) is 31.4 Å². The van der Waals surface area contributed by atoms with Crippen molar-refractivity contribution in [1.82, 2.24) is 5.32 Å². The zero-order valence-corrected chi connectivity index (χ0v) is 12.8. The molecule has 112 valence electrons. The summed E-state index contributed by atoms with van der Waals surface area (Å²) < 4.78 is 5.59. The molecule has 0 aliphatic rings. The van der Waals surface area contributed by atoms with Crippen LogP contribution in [0.15, 0.2) is 18.2 Å².